The van der Waals surface area contributed by atoms with Crippen molar-refractivity contribution in [2.45, 2.75) is 13.3 Å². The predicted octanol–water partition coefficient (Wildman–Crippen LogP) is 4.20. The second kappa shape index (κ2) is 9.50. The molecule has 1 amide bonds. The number of amides is 1. The van der Waals surface area contributed by atoms with Gasteiger partial charge in [0.05, 0.1) is 7.11 Å². The molecule has 3 aromatic rings. The number of para-hydroxylation sites is 1. The minimum Gasteiger partial charge on any atom is -0.496 e. The van der Waals surface area contributed by atoms with Crippen LogP contribution in [0.3, 0.4) is 0 Å². The van der Waals surface area contributed by atoms with E-state index in [1.54, 1.807) is 43.6 Å². The average Bonchev–Trinajstić information content (AvgIpc) is 2.74. The largest absolute Gasteiger partial charge is 0.496 e. The Labute approximate surface area is 169 Å². The van der Waals surface area contributed by atoms with E-state index in [4.69, 9.17) is 4.74 Å². The number of Topliss-reactive ketones (excluding diaryl/α,β-unsaturated/α-hetero) is 1. The van der Waals surface area contributed by atoms with Crippen LogP contribution in [0.2, 0.25) is 0 Å². The molecule has 2 N–H and O–H groups in total. The summed E-state index contributed by atoms with van der Waals surface area (Å²) in [6, 6.07) is 18.2. The molecule has 0 spiro atoms. The molecule has 3 rings (SSSR count). The summed E-state index contributed by atoms with van der Waals surface area (Å²) in [6.07, 6.45) is 2.38. The number of carbonyl (C=O) groups is 2. The molecule has 1 heterocycles. The van der Waals surface area contributed by atoms with E-state index in [1.165, 1.54) is 6.92 Å². The van der Waals surface area contributed by atoms with Gasteiger partial charge in [-0.3, -0.25) is 14.6 Å². The number of hydrogen-bond donors (Lipinski definition) is 2. The topological polar surface area (TPSA) is 80.3 Å². The Hall–Kier alpha value is -3.67. The van der Waals surface area contributed by atoms with E-state index in [9.17, 15) is 9.59 Å². The molecule has 6 nitrogen and oxygen atoms in total. The third-order valence-electron chi connectivity index (χ3n) is 4.46. The zero-order valence-electron chi connectivity index (χ0n) is 16.4. The van der Waals surface area contributed by atoms with Crippen LogP contribution in [0.4, 0.5) is 11.4 Å². The summed E-state index contributed by atoms with van der Waals surface area (Å²) in [5.74, 6) is 0.533. The first-order valence-corrected chi connectivity index (χ1v) is 9.31. The highest BCUT2D eigenvalue weighted by atomic mass is 16.5. The standard InChI is InChI=1S/C23H23N3O3/c1-16(27)17-7-9-19(10-8-17)26-23(28)21-15-20(12-14-25-21)24-13-11-18-5-3-4-6-22(18)29-2/h3-10,12,14-15H,11,13H2,1-2H3,(H,24,25)(H,26,28). The molecule has 0 radical (unpaired) electrons. The van der Waals surface area contributed by atoms with Crippen LogP contribution in [0.1, 0.15) is 33.3 Å². The second-order valence-electron chi connectivity index (χ2n) is 6.51. The number of hydrogen-bond acceptors (Lipinski definition) is 5. The van der Waals surface area contributed by atoms with Crippen molar-refractivity contribution in [2.24, 2.45) is 0 Å². The number of nitrogens with zero attached hydrogens (tertiary/aromatic N) is 1. The fourth-order valence-corrected chi connectivity index (χ4v) is 2.90. The van der Waals surface area contributed by atoms with Crippen molar-refractivity contribution < 1.29 is 14.3 Å². The van der Waals surface area contributed by atoms with Crippen molar-refractivity contribution in [3.8, 4) is 5.75 Å². The van der Waals surface area contributed by atoms with Gasteiger partial charge in [0.25, 0.3) is 5.91 Å². The summed E-state index contributed by atoms with van der Waals surface area (Å²) in [6.45, 7) is 2.20. The Kier molecular flexibility index (Phi) is 6.58. The average molecular weight is 389 g/mol. The van der Waals surface area contributed by atoms with Gasteiger partial charge in [-0.05, 0) is 61.4 Å². The van der Waals surface area contributed by atoms with Gasteiger partial charge in [-0.1, -0.05) is 18.2 Å². The molecular formula is C23H23N3O3. The van der Waals surface area contributed by atoms with Crippen molar-refractivity contribution in [3.63, 3.8) is 0 Å². The van der Waals surface area contributed by atoms with Crippen molar-refractivity contribution >= 4 is 23.1 Å². The van der Waals surface area contributed by atoms with Gasteiger partial charge in [0.15, 0.2) is 5.78 Å². The second-order valence-corrected chi connectivity index (χ2v) is 6.51. The van der Waals surface area contributed by atoms with Crippen LogP contribution in [-0.4, -0.2) is 30.3 Å². The number of nitrogens with one attached hydrogen (secondary N) is 2. The van der Waals surface area contributed by atoms with E-state index >= 15 is 0 Å². The van der Waals surface area contributed by atoms with E-state index in [-0.39, 0.29) is 11.7 Å². The number of ether oxygens (including phenoxy) is 1. The smallest absolute Gasteiger partial charge is 0.274 e. The van der Waals surface area contributed by atoms with Crippen LogP contribution in [0.25, 0.3) is 0 Å². The molecule has 29 heavy (non-hydrogen) atoms. The van der Waals surface area contributed by atoms with Gasteiger partial charge in [-0.15, -0.1) is 0 Å². The summed E-state index contributed by atoms with van der Waals surface area (Å²) in [4.78, 5) is 28.0. The van der Waals surface area contributed by atoms with E-state index < -0.39 is 0 Å². The zero-order valence-corrected chi connectivity index (χ0v) is 16.4. The number of rotatable bonds is 8. The molecule has 6 heteroatoms. The van der Waals surface area contributed by atoms with Crippen molar-refractivity contribution in [2.75, 3.05) is 24.3 Å². The highest BCUT2D eigenvalue weighted by Crippen LogP contribution is 2.18. The molecule has 0 bridgehead atoms. The van der Waals surface area contributed by atoms with E-state index in [0.29, 0.717) is 23.5 Å². The van der Waals surface area contributed by atoms with Crippen LogP contribution >= 0.6 is 0 Å². The molecule has 2 aromatic carbocycles. The minimum atomic E-state index is -0.311. The third-order valence-corrected chi connectivity index (χ3v) is 4.46. The van der Waals surface area contributed by atoms with Crippen LogP contribution in [-0.2, 0) is 6.42 Å². The summed E-state index contributed by atoms with van der Waals surface area (Å²) in [7, 11) is 1.66. The van der Waals surface area contributed by atoms with Gasteiger partial charge < -0.3 is 15.4 Å². The molecule has 148 valence electrons. The number of aromatic nitrogens is 1. The van der Waals surface area contributed by atoms with E-state index in [0.717, 1.165) is 23.4 Å². The number of ketones is 1. The molecule has 0 aliphatic carbocycles. The summed E-state index contributed by atoms with van der Waals surface area (Å²) in [5, 5.41) is 6.10. The van der Waals surface area contributed by atoms with Crippen molar-refractivity contribution in [1.82, 2.24) is 4.98 Å². The first-order chi connectivity index (χ1) is 14.1. The highest BCUT2D eigenvalue weighted by Gasteiger charge is 2.09. The third kappa shape index (κ3) is 5.42. The van der Waals surface area contributed by atoms with Gasteiger partial charge >= 0.3 is 0 Å². The van der Waals surface area contributed by atoms with Gasteiger partial charge in [0.1, 0.15) is 11.4 Å². The molecule has 0 aliphatic rings. The lowest BCUT2D eigenvalue weighted by atomic mass is 10.1. The maximum absolute atomic E-state index is 12.5. The number of anilines is 2. The van der Waals surface area contributed by atoms with Crippen LogP contribution in [0.15, 0.2) is 66.9 Å². The Morgan fingerprint density at radius 3 is 2.48 bits per heavy atom. The minimum absolute atomic E-state index is 0.0172. The Bertz CT molecular complexity index is 1000. The highest BCUT2D eigenvalue weighted by molar-refractivity contribution is 6.03. The molecule has 0 saturated carbocycles. The summed E-state index contributed by atoms with van der Waals surface area (Å²) < 4.78 is 5.37. The first-order valence-electron chi connectivity index (χ1n) is 9.31. The maximum atomic E-state index is 12.5. The zero-order chi connectivity index (χ0) is 20.6. The number of carbonyl (C=O) groups excluding carboxylic acids is 2. The van der Waals surface area contributed by atoms with E-state index in [1.807, 2.05) is 30.3 Å². The summed E-state index contributed by atoms with van der Waals surface area (Å²) in [5.41, 5.74) is 3.44. The number of pyridine rings is 1. The monoisotopic (exact) mass is 389 g/mol. The maximum Gasteiger partial charge on any atom is 0.274 e. The fourth-order valence-electron chi connectivity index (χ4n) is 2.90. The molecule has 0 saturated heterocycles. The quantitative estimate of drug-likeness (QED) is 0.565. The van der Waals surface area contributed by atoms with Crippen LogP contribution in [0.5, 0.6) is 5.75 Å². The molecule has 0 aliphatic heterocycles. The lowest BCUT2D eigenvalue weighted by Crippen LogP contribution is -2.14. The first kappa shape index (κ1) is 20.1. The van der Waals surface area contributed by atoms with Gasteiger partial charge in [0, 0.05) is 29.7 Å². The van der Waals surface area contributed by atoms with E-state index in [2.05, 4.69) is 15.6 Å². The summed E-state index contributed by atoms with van der Waals surface area (Å²) >= 11 is 0. The van der Waals surface area contributed by atoms with Gasteiger partial charge in [0.2, 0.25) is 0 Å². The van der Waals surface area contributed by atoms with Gasteiger partial charge in [-0.25, -0.2) is 0 Å². The molecule has 0 fully saturated rings. The molecule has 1 aromatic heterocycles. The number of benzene rings is 2. The Morgan fingerprint density at radius 2 is 1.76 bits per heavy atom. The number of methoxy groups -OCH3 is 1. The molecular weight excluding hydrogens is 366 g/mol. The predicted molar refractivity (Wildman–Crippen MR) is 114 cm³/mol. The Balaban J connectivity index is 1.59. The fraction of sp³-hybridized carbons (Fsp3) is 0.174. The van der Waals surface area contributed by atoms with Crippen LogP contribution < -0.4 is 15.4 Å². The van der Waals surface area contributed by atoms with Gasteiger partial charge in [-0.2, -0.15) is 0 Å². The SMILES string of the molecule is COc1ccccc1CCNc1ccnc(C(=O)Nc2ccc(C(C)=O)cc2)c1. The van der Waals surface area contributed by atoms with Crippen molar-refractivity contribution in [3.05, 3.63) is 83.7 Å². The lowest BCUT2D eigenvalue weighted by Gasteiger charge is -2.11. The van der Waals surface area contributed by atoms with Crippen LogP contribution in [0, 0.1) is 0 Å². The lowest BCUT2D eigenvalue weighted by molar-refractivity contribution is 0.101. The van der Waals surface area contributed by atoms with Crippen molar-refractivity contribution in [1.29, 1.82) is 0 Å². The molecule has 0 unspecified atom stereocenters. The normalized spacial score (nSPS) is 10.3. The molecule has 0 atom stereocenters. The Morgan fingerprint density at radius 1 is 1.00 bits per heavy atom.